The van der Waals surface area contributed by atoms with E-state index in [0.717, 1.165) is 5.56 Å². The molecule has 0 aliphatic carbocycles. The van der Waals surface area contributed by atoms with E-state index in [1.54, 1.807) is 12.1 Å². The Bertz CT molecular complexity index is 419. The average molecular weight is 237 g/mol. The van der Waals surface area contributed by atoms with E-state index >= 15 is 0 Å². The van der Waals surface area contributed by atoms with Gasteiger partial charge in [0.25, 0.3) is 0 Å². The molecular weight excluding hydrogens is 218 g/mol. The summed E-state index contributed by atoms with van der Waals surface area (Å²) in [6.07, 6.45) is -0.0748. The second-order valence-electron chi connectivity index (χ2n) is 5.36. The first-order valence-corrected chi connectivity index (χ1v) is 5.67. The summed E-state index contributed by atoms with van der Waals surface area (Å²) in [5.74, 6) is 0.331. The highest BCUT2D eigenvalue weighted by Crippen LogP contribution is 2.33. The van der Waals surface area contributed by atoms with Gasteiger partial charge in [0.05, 0.1) is 11.0 Å². The lowest BCUT2D eigenvalue weighted by atomic mass is 9.87. The SMILES string of the molecule is CC(C)Oc1ccc(C(C)(C)C)cc1[N+](=O)[O-]. The quantitative estimate of drug-likeness (QED) is 0.595. The summed E-state index contributed by atoms with van der Waals surface area (Å²) in [6.45, 7) is 9.77. The van der Waals surface area contributed by atoms with Gasteiger partial charge in [0.1, 0.15) is 0 Å². The third-order valence-electron chi connectivity index (χ3n) is 2.38. The van der Waals surface area contributed by atoms with Crippen LogP contribution < -0.4 is 4.74 Å². The zero-order valence-electron chi connectivity index (χ0n) is 11.0. The molecule has 0 aliphatic heterocycles. The van der Waals surface area contributed by atoms with E-state index in [0.29, 0.717) is 5.75 Å². The Kier molecular flexibility index (Phi) is 3.76. The summed E-state index contributed by atoms with van der Waals surface area (Å²) in [7, 11) is 0. The Balaban J connectivity index is 3.22. The fraction of sp³-hybridized carbons (Fsp3) is 0.538. The molecule has 0 N–H and O–H groups in total. The van der Waals surface area contributed by atoms with Gasteiger partial charge >= 0.3 is 5.69 Å². The van der Waals surface area contributed by atoms with Crippen molar-refractivity contribution in [1.82, 2.24) is 0 Å². The number of hydrogen-bond acceptors (Lipinski definition) is 3. The molecule has 0 radical (unpaired) electrons. The van der Waals surface area contributed by atoms with Crippen LogP contribution in [-0.2, 0) is 5.41 Å². The van der Waals surface area contributed by atoms with Crippen molar-refractivity contribution in [3.05, 3.63) is 33.9 Å². The minimum atomic E-state index is -0.396. The molecule has 94 valence electrons. The van der Waals surface area contributed by atoms with Crippen LogP contribution in [0.15, 0.2) is 18.2 Å². The first-order valence-electron chi connectivity index (χ1n) is 5.67. The van der Waals surface area contributed by atoms with Gasteiger partial charge in [0.2, 0.25) is 0 Å². The van der Waals surface area contributed by atoms with Crippen molar-refractivity contribution in [3.63, 3.8) is 0 Å². The molecule has 0 heterocycles. The second-order valence-corrected chi connectivity index (χ2v) is 5.36. The van der Waals surface area contributed by atoms with E-state index in [-0.39, 0.29) is 17.2 Å². The Morgan fingerprint density at radius 2 is 1.88 bits per heavy atom. The molecule has 0 aliphatic rings. The summed E-state index contributed by atoms with van der Waals surface area (Å²) in [5, 5.41) is 11.0. The highest BCUT2D eigenvalue weighted by molar-refractivity contribution is 5.50. The van der Waals surface area contributed by atoms with Gasteiger partial charge in [-0.3, -0.25) is 10.1 Å². The van der Waals surface area contributed by atoms with E-state index in [1.165, 1.54) is 0 Å². The molecule has 0 amide bonds. The third kappa shape index (κ3) is 3.44. The number of benzene rings is 1. The highest BCUT2D eigenvalue weighted by Gasteiger charge is 2.22. The maximum atomic E-state index is 11.0. The van der Waals surface area contributed by atoms with Crippen LogP contribution in [0.3, 0.4) is 0 Å². The van der Waals surface area contributed by atoms with E-state index in [2.05, 4.69) is 0 Å². The summed E-state index contributed by atoms with van der Waals surface area (Å²) in [6, 6.07) is 5.15. The Morgan fingerprint density at radius 1 is 1.29 bits per heavy atom. The van der Waals surface area contributed by atoms with Crippen molar-refractivity contribution in [2.24, 2.45) is 0 Å². The summed E-state index contributed by atoms with van der Waals surface area (Å²) >= 11 is 0. The van der Waals surface area contributed by atoms with Crippen LogP contribution in [0.5, 0.6) is 5.75 Å². The molecule has 4 nitrogen and oxygen atoms in total. The zero-order chi connectivity index (χ0) is 13.2. The Hall–Kier alpha value is -1.58. The van der Waals surface area contributed by atoms with Gasteiger partial charge < -0.3 is 4.74 Å². The van der Waals surface area contributed by atoms with Gasteiger partial charge in [-0.05, 0) is 30.9 Å². The van der Waals surface area contributed by atoms with E-state index in [1.807, 2.05) is 40.7 Å². The van der Waals surface area contributed by atoms with Crippen molar-refractivity contribution in [2.45, 2.75) is 46.1 Å². The first-order chi connectivity index (χ1) is 7.71. The molecule has 0 atom stereocenters. The molecule has 17 heavy (non-hydrogen) atoms. The molecule has 0 bridgehead atoms. The molecule has 0 saturated heterocycles. The van der Waals surface area contributed by atoms with E-state index in [4.69, 9.17) is 4.74 Å². The Morgan fingerprint density at radius 3 is 2.29 bits per heavy atom. The second kappa shape index (κ2) is 4.73. The molecule has 0 fully saturated rings. The predicted molar refractivity (Wildman–Crippen MR) is 67.6 cm³/mol. The molecular formula is C13H19NO3. The molecule has 4 heteroatoms. The van der Waals surface area contributed by atoms with Crippen LogP contribution in [0, 0.1) is 10.1 Å². The van der Waals surface area contributed by atoms with Gasteiger partial charge in [-0.25, -0.2) is 0 Å². The van der Waals surface area contributed by atoms with Gasteiger partial charge in [-0.1, -0.05) is 26.8 Å². The third-order valence-corrected chi connectivity index (χ3v) is 2.38. The fourth-order valence-electron chi connectivity index (χ4n) is 1.48. The van der Waals surface area contributed by atoms with Crippen LogP contribution in [-0.4, -0.2) is 11.0 Å². The van der Waals surface area contributed by atoms with Crippen molar-refractivity contribution in [2.75, 3.05) is 0 Å². The summed E-state index contributed by atoms with van der Waals surface area (Å²) in [5.41, 5.74) is 0.854. The van der Waals surface area contributed by atoms with Gasteiger partial charge in [-0.15, -0.1) is 0 Å². The molecule has 0 spiro atoms. The summed E-state index contributed by atoms with van der Waals surface area (Å²) in [4.78, 5) is 10.6. The number of nitrogens with zero attached hydrogens (tertiary/aromatic N) is 1. The maximum absolute atomic E-state index is 11.0. The van der Waals surface area contributed by atoms with Crippen molar-refractivity contribution in [1.29, 1.82) is 0 Å². The van der Waals surface area contributed by atoms with Crippen LogP contribution in [0.1, 0.15) is 40.2 Å². The molecule has 0 unspecified atom stereocenters. The van der Waals surface area contributed by atoms with E-state index in [9.17, 15) is 10.1 Å². The smallest absolute Gasteiger partial charge is 0.311 e. The van der Waals surface area contributed by atoms with Crippen molar-refractivity contribution in [3.8, 4) is 5.75 Å². The molecule has 0 saturated carbocycles. The number of rotatable bonds is 3. The van der Waals surface area contributed by atoms with Gasteiger partial charge in [-0.2, -0.15) is 0 Å². The minimum Gasteiger partial charge on any atom is -0.484 e. The first kappa shape index (κ1) is 13.5. The largest absolute Gasteiger partial charge is 0.484 e. The molecule has 1 rings (SSSR count). The van der Waals surface area contributed by atoms with Gasteiger partial charge in [0.15, 0.2) is 5.75 Å². The van der Waals surface area contributed by atoms with Crippen LogP contribution in [0.2, 0.25) is 0 Å². The summed E-state index contributed by atoms with van der Waals surface area (Å²) < 4.78 is 5.43. The lowest BCUT2D eigenvalue weighted by molar-refractivity contribution is -0.386. The van der Waals surface area contributed by atoms with Crippen LogP contribution >= 0.6 is 0 Å². The van der Waals surface area contributed by atoms with Crippen molar-refractivity contribution >= 4 is 5.69 Å². The average Bonchev–Trinajstić information content (AvgIpc) is 2.15. The highest BCUT2D eigenvalue weighted by atomic mass is 16.6. The number of nitro benzene ring substituents is 1. The standard InChI is InChI=1S/C13H19NO3/c1-9(2)17-12-7-6-10(13(3,4)5)8-11(12)14(15)16/h6-9H,1-5H3. The van der Waals surface area contributed by atoms with Crippen LogP contribution in [0.25, 0.3) is 0 Å². The fourth-order valence-corrected chi connectivity index (χ4v) is 1.48. The molecule has 1 aromatic carbocycles. The zero-order valence-corrected chi connectivity index (χ0v) is 11.0. The minimum absolute atomic E-state index is 0.0334. The van der Waals surface area contributed by atoms with Crippen LogP contribution in [0.4, 0.5) is 5.69 Å². The lowest BCUT2D eigenvalue weighted by Gasteiger charge is -2.19. The number of hydrogen-bond donors (Lipinski definition) is 0. The monoisotopic (exact) mass is 237 g/mol. The lowest BCUT2D eigenvalue weighted by Crippen LogP contribution is -2.13. The van der Waals surface area contributed by atoms with Crippen molar-refractivity contribution < 1.29 is 9.66 Å². The maximum Gasteiger partial charge on any atom is 0.311 e. The number of ether oxygens (including phenoxy) is 1. The topological polar surface area (TPSA) is 52.4 Å². The normalized spacial score (nSPS) is 11.6. The Labute approximate surface area is 102 Å². The molecule has 0 aromatic heterocycles. The number of nitro groups is 1. The predicted octanol–water partition coefficient (Wildman–Crippen LogP) is 3.68. The molecule has 1 aromatic rings. The van der Waals surface area contributed by atoms with Gasteiger partial charge in [0, 0.05) is 6.07 Å². The van der Waals surface area contributed by atoms with E-state index < -0.39 is 4.92 Å².